The van der Waals surface area contributed by atoms with E-state index in [2.05, 4.69) is 10.3 Å². The molecule has 34 heavy (non-hydrogen) atoms. The molecule has 0 bridgehead atoms. The van der Waals surface area contributed by atoms with Crippen LogP contribution in [0.15, 0.2) is 53.5 Å². The zero-order valence-electron chi connectivity index (χ0n) is 19.0. The lowest BCUT2D eigenvalue weighted by molar-refractivity contribution is -0.143. The van der Waals surface area contributed by atoms with Crippen LogP contribution in [-0.4, -0.2) is 34.0 Å². The van der Waals surface area contributed by atoms with E-state index in [9.17, 15) is 23.2 Å². The highest BCUT2D eigenvalue weighted by molar-refractivity contribution is 6.03. The number of nitrogens with one attached hydrogen (secondary N) is 1. The summed E-state index contributed by atoms with van der Waals surface area (Å²) >= 11 is 0. The molecular formula is C25H26F2N4O3. The van der Waals surface area contributed by atoms with E-state index in [1.54, 1.807) is 24.3 Å². The van der Waals surface area contributed by atoms with Crippen molar-refractivity contribution in [3.05, 3.63) is 70.8 Å². The van der Waals surface area contributed by atoms with Gasteiger partial charge in [-0.3, -0.25) is 19.3 Å². The minimum atomic E-state index is -3.66. The number of guanidine groups is 1. The number of aliphatic imine (C=N–C) groups is 1. The molecule has 1 aliphatic heterocycles. The summed E-state index contributed by atoms with van der Waals surface area (Å²) in [7, 11) is 0. The van der Waals surface area contributed by atoms with Crippen molar-refractivity contribution in [2.75, 3.05) is 0 Å². The third kappa shape index (κ3) is 3.95. The Hall–Kier alpha value is -3.62. The van der Waals surface area contributed by atoms with Gasteiger partial charge in [0.15, 0.2) is 5.96 Å². The van der Waals surface area contributed by atoms with Gasteiger partial charge in [-0.15, -0.1) is 0 Å². The first-order valence-corrected chi connectivity index (χ1v) is 11.2. The Balaban J connectivity index is 1.53. The molecular weight excluding hydrogens is 442 g/mol. The molecule has 2 aromatic carbocycles. The van der Waals surface area contributed by atoms with Crippen molar-refractivity contribution in [1.29, 1.82) is 0 Å². The Bertz CT molecular complexity index is 1190. The minimum Gasteiger partial charge on any atom is -0.369 e. The number of halogens is 2. The molecule has 1 atom stereocenters. The molecule has 0 radical (unpaired) electrons. The van der Waals surface area contributed by atoms with Crippen molar-refractivity contribution in [3.63, 3.8) is 0 Å². The lowest BCUT2D eigenvalue weighted by Crippen LogP contribution is -2.50. The smallest absolute Gasteiger partial charge is 0.333 e. The van der Waals surface area contributed by atoms with Gasteiger partial charge in [0.25, 0.3) is 5.91 Å². The van der Waals surface area contributed by atoms with Crippen molar-refractivity contribution in [1.82, 2.24) is 10.2 Å². The summed E-state index contributed by atoms with van der Waals surface area (Å²) in [5, 5.41) is 2.43. The first-order valence-electron chi connectivity index (χ1n) is 11.2. The first kappa shape index (κ1) is 23.5. The predicted octanol–water partition coefficient (Wildman–Crippen LogP) is 3.44. The zero-order chi connectivity index (χ0) is 24.7. The fraction of sp³-hybridized carbons (Fsp3) is 0.360. The number of carbonyl (C=O) groups is 3. The van der Waals surface area contributed by atoms with Gasteiger partial charge in [0.1, 0.15) is 6.04 Å². The fourth-order valence-corrected chi connectivity index (χ4v) is 4.52. The van der Waals surface area contributed by atoms with E-state index in [0.29, 0.717) is 18.4 Å². The molecule has 2 aliphatic rings. The molecule has 2 aromatic rings. The molecule has 0 spiro atoms. The second kappa shape index (κ2) is 8.62. The van der Waals surface area contributed by atoms with Gasteiger partial charge in [0, 0.05) is 11.1 Å². The van der Waals surface area contributed by atoms with Crippen LogP contribution in [0.4, 0.5) is 8.78 Å². The summed E-state index contributed by atoms with van der Waals surface area (Å²) in [4.78, 5) is 43.9. The summed E-state index contributed by atoms with van der Waals surface area (Å²) in [5.74, 6) is -5.72. The maximum absolute atomic E-state index is 14.4. The molecule has 3 N–H and O–H groups in total. The number of nitrogens with two attached hydrogens (primary N) is 1. The number of alkyl halides is 2. The van der Waals surface area contributed by atoms with Crippen LogP contribution in [-0.2, 0) is 22.1 Å². The van der Waals surface area contributed by atoms with E-state index < -0.39 is 34.8 Å². The van der Waals surface area contributed by atoms with Gasteiger partial charge in [-0.05, 0) is 36.1 Å². The normalized spacial score (nSPS) is 20.6. The predicted molar refractivity (Wildman–Crippen MR) is 122 cm³/mol. The maximum atomic E-state index is 14.4. The highest BCUT2D eigenvalue weighted by Crippen LogP contribution is 2.44. The first-order chi connectivity index (χ1) is 16.1. The number of nitrogens with zero attached hydrogens (tertiary/aromatic N) is 2. The van der Waals surface area contributed by atoms with Gasteiger partial charge in [0.05, 0.1) is 18.5 Å². The van der Waals surface area contributed by atoms with Crippen LogP contribution in [0.5, 0.6) is 0 Å². The summed E-state index contributed by atoms with van der Waals surface area (Å²) < 4.78 is 28.8. The number of ketones is 1. The summed E-state index contributed by atoms with van der Waals surface area (Å²) in [5.41, 5.74) is 6.09. The Morgan fingerprint density at radius 1 is 1.15 bits per heavy atom. The number of hydrogen-bond acceptors (Lipinski definition) is 5. The lowest BCUT2D eigenvalue weighted by atomic mass is 9.88. The molecule has 1 aliphatic carbocycles. The topological polar surface area (TPSA) is 105 Å². The number of hydrogen-bond donors (Lipinski definition) is 2. The molecule has 0 fully saturated rings. The summed E-state index contributed by atoms with van der Waals surface area (Å²) in [6.07, 6.45) is 1.64. The average molecular weight is 469 g/mol. The van der Waals surface area contributed by atoms with Crippen molar-refractivity contribution in [2.24, 2.45) is 10.7 Å². The lowest BCUT2D eigenvalue weighted by Gasteiger charge is -2.36. The third-order valence-electron chi connectivity index (χ3n) is 6.71. The number of rotatable bonds is 6. The van der Waals surface area contributed by atoms with E-state index in [-0.39, 0.29) is 36.0 Å². The highest BCUT2D eigenvalue weighted by Gasteiger charge is 2.54. The molecule has 2 amide bonds. The Morgan fingerprint density at radius 3 is 2.53 bits per heavy atom. The number of benzene rings is 2. The number of amides is 2. The minimum absolute atomic E-state index is 0.0836. The number of carbonyl (C=O) groups excluding carboxylic acids is 3. The highest BCUT2D eigenvalue weighted by atomic mass is 19.3. The molecule has 4 rings (SSSR count). The average Bonchev–Trinajstić information content (AvgIpc) is 3.02. The van der Waals surface area contributed by atoms with Gasteiger partial charge in [-0.1, -0.05) is 50.2 Å². The maximum Gasteiger partial charge on any atom is 0.333 e. The van der Waals surface area contributed by atoms with Crippen LogP contribution in [0.2, 0.25) is 0 Å². The van der Waals surface area contributed by atoms with Crippen molar-refractivity contribution in [2.45, 2.75) is 57.2 Å². The summed E-state index contributed by atoms with van der Waals surface area (Å²) in [6, 6.07) is 10.5. The van der Waals surface area contributed by atoms with E-state index in [1.165, 1.54) is 29.2 Å². The molecule has 7 nitrogen and oxygen atoms in total. The Kier molecular flexibility index (Phi) is 5.97. The van der Waals surface area contributed by atoms with Crippen LogP contribution >= 0.6 is 0 Å². The summed E-state index contributed by atoms with van der Waals surface area (Å²) in [6.45, 7) is 4.05. The van der Waals surface area contributed by atoms with E-state index in [4.69, 9.17) is 5.73 Å². The SMILES string of the molecule is CCC1(CC)CC(=O)N(Cc2cccc(C(=O)NC3C(=O)C(F)(F)c4ccccc43)c2)C(N)=N1. The Morgan fingerprint density at radius 2 is 1.85 bits per heavy atom. The zero-order valence-corrected chi connectivity index (χ0v) is 19.0. The molecule has 9 heteroatoms. The van der Waals surface area contributed by atoms with Crippen LogP contribution in [0.1, 0.15) is 66.2 Å². The van der Waals surface area contributed by atoms with E-state index in [0.717, 1.165) is 0 Å². The molecule has 0 saturated heterocycles. The second-order valence-corrected chi connectivity index (χ2v) is 8.69. The molecule has 0 saturated carbocycles. The number of Topliss-reactive ketones (excluding diaryl/α,β-unsaturated/α-hetero) is 1. The molecule has 178 valence electrons. The number of fused-ring (bicyclic) bond motifs is 1. The van der Waals surface area contributed by atoms with Crippen molar-refractivity contribution >= 4 is 23.6 Å². The Labute approximate surface area is 196 Å². The van der Waals surface area contributed by atoms with Crippen LogP contribution < -0.4 is 11.1 Å². The van der Waals surface area contributed by atoms with E-state index in [1.807, 2.05) is 13.8 Å². The molecule has 0 aromatic heterocycles. The third-order valence-corrected chi connectivity index (χ3v) is 6.71. The van der Waals surface area contributed by atoms with Gasteiger partial charge in [-0.2, -0.15) is 8.78 Å². The van der Waals surface area contributed by atoms with Crippen molar-refractivity contribution < 1.29 is 23.2 Å². The largest absolute Gasteiger partial charge is 0.369 e. The fourth-order valence-electron chi connectivity index (χ4n) is 4.52. The standard InChI is InChI=1S/C25H26F2N4O3/c1-3-24(4-2)13-19(32)31(23(28)30-24)14-15-8-7-9-16(12-15)22(34)29-20-17-10-5-6-11-18(17)25(26,27)21(20)33/h5-12,20H,3-4,13-14H2,1-2H3,(H2,28,30)(H,29,34). The second-order valence-electron chi connectivity index (χ2n) is 8.69. The monoisotopic (exact) mass is 468 g/mol. The van der Waals surface area contributed by atoms with Gasteiger partial charge in [-0.25, -0.2) is 4.99 Å². The quantitative estimate of drug-likeness (QED) is 0.678. The van der Waals surface area contributed by atoms with Gasteiger partial charge < -0.3 is 11.1 Å². The van der Waals surface area contributed by atoms with Crippen LogP contribution in [0.25, 0.3) is 0 Å². The van der Waals surface area contributed by atoms with Crippen LogP contribution in [0.3, 0.4) is 0 Å². The van der Waals surface area contributed by atoms with Crippen molar-refractivity contribution in [3.8, 4) is 0 Å². The van der Waals surface area contributed by atoms with E-state index >= 15 is 0 Å². The molecule has 1 heterocycles. The van der Waals surface area contributed by atoms with Gasteiger partial charge in [0.2, 0.25) is 11.7 Å². The molecule has 1 unspecified atom stereocenters. The van der Waals surface area contributed by atoms with Crippen LogP contribution in [0, 0.1) is 0 Å². The van der Waals surface area contributed by atoms with Gasteiger partial charge >= 0.3 is 5.92 Å².